The van der Waals surface area contributed by atoms with E-state index in [2.05, 4.69) is 0 Å². The maximum Gasteiger partial charge on any atom is 0.347 e. The van der Waals surface area contributed by atoms with Crippen molar-refractivity contribution >= 4 is 21.8 Å². The van der Waals surface area contributed by atoms with Gasteiger partial charge in [-0.15, -0.1) is 0 Å². The van der Waals surface area contributed by atoms with E-state index in [0.717, 1.165) is 6.26 Å². The molecule has 1 aliphatic heterocycles. The number of esters is 2. The third-order valence-electron chi connectivity index (χ3n) is 2.89. The highest BCUT2D eigenvalue weighted by Gasteiger charge is 2.35. The van der Waals surface area contributed by atoms with E-state index < -0.39 is 27.9 Å². The molecule has 2 rings (SSSR count). The Labute approximate surface area is 116 Å². The molecule has 0 aromatic heterocycles. The summed E-state index contributed by atoms with van der Waals surface area (Å²) < 4.78 is 32.5. The molecule has 0 unspecified atom stereocenters. The highest BCUT2D eigenvalue weighted by molar-refractivity contribution is 7.90. The van der Waals surface area contributed by atoms with Crippen LogP contribution in [0.1, 0.15) is 23.7 Å². The van der Waals surface area contributed by atoms with Crippen molar-refractivity contribution in [2.24, 2.45) is 0 Å². The zero-order chi connectivity index (χ0) is 14.9. The fraction of sp³-hybridized carbons (Fsp3) is 0.385. The van der Waals surface area contributed by atoms with Crippen molar-refractivity contribution in [3.8, 4) is 0 Å². The van der Waals surface area contributed by atoms with Crippen LogP contribution in [0.4, 0.5) is 0 Å². The topological polar surface area (TPSA) is 86.7 Å². The van der Waals surface area contributed by atoms with E-state index in [1.165, 1.54) is 24.3 Å². The van der Waals surface area contributed by atoms with Crippen molar-refractivity contribution in [2.45, 2.75) is 30.4 Å². The van der Waals surface area contributed by atoms with Crippen molar-refractivity contribution in [3.05, 3.63) is 29.8 Å². The standard InChI is InChI=1S/C13H14O6S/c1-8-7-11(13(15)18-8)19-12(14)9-3-5-10(6-4-9)20(2,16)17/h3-6,8,11H,7H2,1-2H3/t8-,11+/m0/s1. The molecular formula is C13H14O6S. The molecule has 2 atom stereocenters. The summed E-state index contributed by atoms with van der Waals surface area (Å²) in [7, 11) is -3.31. The van der Waals surface area contributed by atoms with Crippen LogP contribution in [0.25, 0.3) is 0 Å². The summed E-state index contributed by atoms with van der Waals surface area (Å²) in [6, 6.07) is 5.34. The van der Waals surface area contributed by atoms with Crippen molar-refractivity contribution in [3.63, 3.8) is 0 Å². The van der Waals surface area contributed by atoms with Crippen LogP contribution >= 0.6 is 0 Å². The van der Waals surface area contributed by atoms with E-state index in [-0.39, 0.29) is 16.6 Å². The van der Waals surface area contributed by atoms with Gasteiger partial charge < -0.3 is 9.47 Å². The van der Waals surface area contributed by atoms with Gasteiger partial charge in [0.25, 0.3) is 0 Å². The summed E-state index contributed by atoms with van der Waals surface area (Å²) in [5.41, 5.74) is 0.185. The number of cyclic esters (lactones) is 1. The summed E-state index contributed by atoms with van der Waals surface area (Å²) >= 11 is 0. The summed E-state index contributed by atoms with van der Waals surface area (Å²) in [5, 5.41) is 0. The summed E-state index contributed by atoms with van der Waals surface area (Å²) in [6.45, 7) is 1.71. The molecule has 1 heterocycles. The van der Waals surface area contributed by atoms with Gasteiger partial charge in [0.2, 0.25) is 6.10 Å². The molecule has 0 saturated carbocycles. The monoisotopic (exact) mass is 298 g/mol. The van der Waals surface area contributed by atoms with Crippen LogP contribution < -0.4 is 0 Å². The van der Waals surface area contributed by atoms with Crippen LogP contribution in [0, 0.1) is 0 Å². The maximum atomic E-state index is 11.8. The zero-order valence-electron chi connectivity index (χ0n) is 11.0. The zero-order valence-corrected chi connectivity index (χ0v) is 11.8. The number of hydrogen-bond acceptors (Lipinski definition) is 6. The van der Waals surface area contributed by atoms with Crippen molar-refractivity contribution < 1.29 is 27.5 Å². The van der Waals surface area contributed by atoms with Crippen LogP contribution in [0.2, 0.25) is 0 Å². The molecule has 0 N–H and O–H groups in total. The van der Waals surface area contributed by atoms with Crippen LogP contribution in [-0.2, 0) is 24.1 Å². The predicted octanol–water partition coefficient (Wildman–Crippen LogP) is 0.951. The van der Waals surface area contributed by atoms with Crippen LogP contribution in [-0.4, -0.2) is 38.8 Å². The Bertz CT molecular complexity index is 631. The largest absolute Gasteiger partial charge is 0.460 e. The average molecular weight is 298 g/mol. The minimum Gasteiger partial charge on any atom is -0.460 e. The normalized spacial score (nSPS) is 22.4. The quantitative estimate of drug-likeness (QED) is 0.772. The fourth-order valence-corrected chi connectivity index (χ4v) is 2.48. The fourth-order valence-electron chi connectivity index (χ4n) is 1.85. The molecule has 108 valence electrons. The summed E-state index contributed by atoms with van der Waals surface area (Å²) in [5.74, 6) is -1.24. The molecule has 6 nitrogen and oxygen atoms in total. The molecule has 0 spiro atoms. The highest BCUT2D eigenvalue weighted by Crippen LogP contribution is 2.19. The minimum atomic E-state index is -3.31. The molecule has 7 heteroatoms. The first kappa shape index (κ1) is 14.5. The van der Waals surface area contributed by atoms with Gasteiger partial charge in [0, 0.05) is 12.7 Å². The number of benzene rings is 1. The Morgan fingerprint density at radius 2 is 1.90 bits per heavy atom. The molecule has 1 aliphatic rings. The lowest BCUT2D eigenvalue weighted by molar-refractivity contribution is -0.147. The molecule has 1 fully saturated rings. The SMILES string of the molecule is C[C@H]1C[C@@H](OC(=O)c2ccc(S(C)(=O)=O)cc2)C(=O)O1. The second-order valence-corrected chi connectivity index (χ2v) is 6.69. The molecule has 1 aromatic carbocycles. The van der Waals surface area contributed by atoms with Crippen molar-refractivity contribution in [1.29, 1.82) is 0 Å². The molecule has 1 aromatic rings. The van der Waals surface area contributed by atoms with E-state index in [4.69, 9.17) is 9.47 Å². The minimum absolute atomic E-state index is 0.114. The first-order valence-corrected chi connectivity index (χ1v) is 7.88. The van der Waals surface area contributed by atoms with Gasteiger partial charge in [-0.3, -0.25) is 0 Å². The van der Waals surface area contributed by atoms with Gasteiger partial charge in [0.05, 0.1) is 10.5 Å². The predicted molar refractivity (Wildman–Crippen MR) is 68.9 cm³/mol. The Morgan fingerprint density at radius 3 is 2.35 bits per heavy atom. The number of carbonyl (C=O) groups excluding carboxylic acids is 2. The van der Waals surface area contributed by atoms with Gasteiger partial charge in [-0.2, -0.15) is 0 Å². The third kappa shape index (κ3) is 3.16. The molecule has 20 heavy (non-hydrogen) atoms. The lowest BCUT2D eigenvalue weighted by Crippen LogP contribution is -2.22. The Balaban J connectivity index is 2.08. The van der Waals surface area contributed by atoms with Gasteiger partial charge in [0.1, 0.15) is 6.10 Å². The molecular weight excluding hydrogens is 284 g/mol. The second kappa shape index (κ2) is 5.24. The van der Waals surface area contributed by atoms with Gasteiger partial charge >= 0.3 is 11.9 Å². The number of ether oxygens (including phenoxy) is 2. The highest BCUT2D eigenvalue weighted by atomic mass is 32.2. The molecule has 0 aliphatic carbocycles. The van der Waals surface area contributed by atoms with Gasteiger partial charge in [-0.1, -0.05) is 0 Å². The maximum absolute atomic E-state index is 11.8. The lowest BCUT2D eigenvalue weighted by atomic mass is 10.2. The summed E-state index contributed by atoms with van der Waals surface area (Å²) in [6.07, 6.45) is 0.238. The Morgan fingerprint density at radius 1 is 1.30 bits per heavy atom. The van der Waals surface area contributed by atoms with Crippen LogP contribution in [0.3, 0.4) is 0 Å². The molecule has 0 amide bonds. The van der Waals surface area contributed by atoms with Gasteiger partial charge in [-0.25, -0.2) is 18.0 Å². The first-order valence-electron chi connectivity index (χ1n) is 5.99. The van der Waals surface area contributed by atoms with Gasteiger partial charge in [0.15, 0.2) is 9.84 Å². The number of rotatable bonds is 3. The van der Waals surface area contributed by atoms with Crippen LogP contribution in [0.15, 0.2) is 29.2 Å². The van der Waals surface area contributed by atoms with Gasteiger partial charge in [-0.05, 0) is 31.2 Å². The second-order valence-electron chi connectivity index (χ2n) is 4.67. The van der Waals surface area contributed by atoms with E-state index in [1.807, 2.05) is 0 Å². The number of carbonyl (C=O) groups is 2. The summed E-state index contributed by atoms with van der Waals surface area (Å²) in [4.78, 5) is 23.3. The first-order chi connectivity index (χ1) is 9.27. The Hall–Kier alpha value is -1.89. The molecule has 0 bridgehead atoms. The number of hydrogen-bond donors (Lipinski definition) is 0. The Kier molecular flexibility index (Phi) is 3.80. The lowest BCUT2D eigenvalue weighted by Gasteiger charge is -2.08. The van der Waals surface area contributed by atoms with E-state index in [9.17, 15) is 18.0 Å². The van der Waals surface area contributed by atoms with Crippen molar-refractivity contribution in [1.82, 2.24) is 0 Å². The van der Waals surface area contributed by atoms with E-state index in [1.54, 1.807) is 6.92 Å². The average Bonchev–Trinajstić information content (AvgIpc) is 2.67. The van der Waals surface area contributed by atoms with Crippen LogP contribution in [0.5, 0.6) is 0 Å². The van der Waals surface area contributed by atoms with Crippen molar-refractivity contribution in [2.75, 3.05) is 6.26 Å². The number of sulfone groups is 1. The van der Waals surface area contributed by atoms with E-state index >= 15 is 0 Å². The molecule has 0 radical (unpaired) electrons. The third-order valence-corrected chi connectivity index (χ3v) is 4.02. The smallest absolute Gasteiger partial charge is 0.347 e. The molecule has 1 saturated heterocycles. The van der Waals surface area contributed by atoms with E-state index in [0.29, 0.717) is 6.42 Å².